The monoisotopic (exact) mass is 376 g/mol. The van der Waals surface area contributed by atoms with Crippen LogP contribution in [-0.4, -0.2) is 70.1 Å². The number of carbonyl (C=O) groups excluding carboxylic acids is 3. The van der Waals surface area contributed by atoms with Crippen molar-refractivity contribution in [3.63, 3.8) is 0 Å². The van der Waals surface area contributed by atoms with Crippen LogP contribution in [0.5, 0.6) is 0 Å². The Morgan fingerprint density at radius 3 is 2.26 bits per heavy atom. The summed E-state index contributed by atoms with van der Waals surface area (Å²) in [6, 6.07) is 0.282. The van der Waals surface area contributed by atoms with Crippen LogP contribution in [0, 0.1) is 0 Å². The lowest BCUT2D eigenvalue weighted by Crippen LogP contribution is -2.41. The Morgan fingerprint density at radius 2 is 1.70 bits per heavy atom. The van der Waals surface area contributed by atoms with Crippen molar-refractivity contribution in [1.29, 1.82) is 0 Å². The molecule has 1 aromatic rings. The zero-order valence-corrected chi connectivity index (χ0v) is 15.9. The number of methoxy groups -OCH3 is 1. The number of aromatic nitrogens is 2. The van der Waals surface area contributed by atoms with Crippen LogP contribution < -0.4 is 0 Å². The molecular weight excluding hydrogens is 348 g/mol. The van der Waals surface area contributed by atoms with Crippen molar-refractivity contribution in [3.05, 3.63) is 18.0 Å². The van der Waals surface area contributed by atoms with E-state index < -0.39 is 0 Å². The number of likely N-dealkylation sites (tertiary alicyclic amines) is 2. The molecule has 0 radical (unpaired) electrons. The highest BCUT2D eigenvalue weighted by molar-refractivity contribution is 5.80. The summed E-state index contributed by atoms with van der Waals surface area (Å²) >= 11 is 0. The van der Waals surface area contributed by atoms with Crippen LogP contribution in [-0.2, 0) is 25.5 Å². The fourth-order valence-electron chi connectivity index (χ4n) is 4.24. The molecule has 2 amide bonds. The molecule has 3 rings (SSSR count). The molecule has 0 bridgehead atoms. The van der Waals surface area contributed by atoms with Crippen LogP contribution in [0.3, 0.4) is 0 Å². The molecule has 8 nitrogen and oxygen atoms in total. The van der Waals surface area contributed by atoms with Crippen molar-refractivity contribution in [2.45, 2.75) is 63.5 Å². The van der Waals surface area contributed by atoms with Gasteiger partial charge >= 0.3 is 5.97 Å². The molecule has 0 aliphatic carbocycles. The largest absolute Gasteiger partial charge is 0.469 e. The molecule has 0 aromatic carbocycles. The van der Waals surface area contributed by atoms with Gasteiger partial charge in [-0.2, -0.15) is 5.10 Å². The minimum Gasteiger partial charge on any atom is -0.469 e. The maximum absolute atomic E-state index is 12.6. The first-order valence-corrected chi connectivity index (χ1v) is 9.73. The molecule has 2 fully saturated rings. The minimum atomic E-state index is -0.282. The predicted molar refractivity (Wildman–Crippen MR) is 97.6 cm³/mol. The van der Waals surface area contributed by atoms with Gasteiger partial charge in [-0.25, -0.2) is 0 Å². The van der Waals surface area contributed by atoms with Crippen LogP contribution in [0.1, 0.15) is 50.5 Å². The van der Waals surface area contributed by atoms with Crippen molar-refractivity contribution in [1.82, 2.24) is 20.0 Å². The van der Waals surface area contributed by atoms with E-state index in [0.29, 0.717) is 25.8 Å². The molecule has 8 heteroatoms. The average Bonchev–Trinajstić information content (AvgIpc) is 3.38. The summed E-state index contributed by atoms with van der Waals surface area (Å²) in [6.07, 6.45) is 8.66. The summed E-state index contributed by atoms with van der Waals surface area (Å²) in [6.45, 7) is 1.43. The molecule has 3 heterocycles. The van der Waals surface area contributed by atoms with Gasteiger partial charge in [0.15, 0.2) is 0 Å². The van der Waals surface area contributed by atoms with Crippen molar-refractivity contribution in [3.8, 4) is 0 Å². The van der Waals surface area contributed by atoms with E-state index in [4.69, 9.17) is 0 Å². The highest BCUT2D eigenvalue weighted by Gasteiger charge is 2.45. The Kier molecular flexibility index (Phi) is 6.47. The number of nitrogens with one attached hydrogen (secondary N) is 1. The molecule has 2 aliphatic rings. The lowest BCUT2D eigenvalue weighted by molar-refractivity contribution is -0.141. The first-order valence-electron chi connectivity index (χ1n) is 9.73. The third-order valence-electron chi connectivity index (χ3n) is 5.63. The van der Waals surface area contributed by atoms with Gasteiger partial charge in [-0.1, -0.05) is 0 Å². The van der Waals surface area contributed by atoms with Crippen molar-refractivity contribution in [2.24, 2.45) is 0 Å². The van der Waals surface area contributed by atoms with Crippen LogP contribution in [0.2, 0.25) is 0 Å². The lowest BCUT2D eigenvalue weighted by Gasteiger charge is -2.26. The van der Waals surface area contributed by atoms with E-state index in [1.54, 1.807) is 6.20 Å². The molecule has 0 unspecified atom stereocenters. The number of carbonyl (C=O) groups is 3. The van der Waals surface area contributed by atoms with Gasteiger partial charge in [0.25, 0.3) is 0 Å². The second kappa shape index (κ2) is 9.01. The Morgan fingerprint density at radius 1 is 1.07 bits per heavy atom. The zero-order chi connectivity index (χ0) is 19.2. The van der Waals surface area contributed by atoms with E-state index in [9.17, 15) is 14.4 Å². The first-order chi connectivity index (χ1) is 13.1. The quantitative estimate of drug-likeness (QED) is 0.690. The number of hydrogen-bond donors (Lipinski definition) is 1. The van der Waals surface area contributed by atoms with E-state index in [1.807, 2.05) is 16.0 Å². The van der Waals surface area contributed by atoms with Gasteiger partial charge in [0, 0.05) is 38.5 Å². The molecular formula is C19H28N4O4. The Bertz CT molecular complexity index is 661. The van der Waals surface area contributed by atoms with Gasteiger partial charge in [0.2, 0.25) is 11.8 Å². The number of nitrogens with zero attached hydrogens (tertiary/aromatic N) is 3. The summed E-state index contributed by atoms with van der Waals surface area (Å²) in [7, 11) is 1.36. The molecule has 0 saturated carbocycles. The molecule has 148 valence electrons. The van der Waals surface area contributed by atoms with Crippen molar-refractivity contribution < 1.29 is 19.1 Å². The summed E-state index contributed by atoms with van der Waals surface area (Å²) in [5.41, 5.74) is 1.12. The highest BCUT2D eigenvalue weighted by Crippen LogP contribution is 2.32. The van der Waals surface area contributed by atoms with E-state index in [1.165, 1.54) is 7.11 Å². The second-order valence-electron chi connectivity index (χ2n) is 7.28. The fraction of sp³-hybridized carbons (Fsp3) is 0.684. The van der Waals surface area contributed by atoms with E-state index in [-0.39, 0.29) is 36.3 Å². The van der Waals surface area contributed by atoms with Crippen LogP contribution >= 0.6 is 0 Å². The van der Waals surface area contributed by atoms with Gasteiger partial charge < -0.3 is 14.5 Å². The number of ether oxygens (including phenoxy) is 1. The number of aromatic amines is 1. The number of esters is 1. The number of hydrogen-bond acceptors (Lipinski definition) is 5. The smallest absolute Gasteiger partial charge is 0.305 e. The Balaban J connectivity index is 1.44. The topological polar surface area (TPSA) is 95.6 Å². The third-order valence-corrected chi connectivity index (χ3v) is 5.63. The Hall–Kier alpha value is -2.38. The van der Waals surface area contributed by atoms with E-state index >= 15 is 0 Å². The number of aryl methyl sites for hydroxylation is 1. The molecule has 2 atom stereocenters. The van der Waals surface area contributed by atoms with Crippen molar-refractivity contribution >= 4 is 17.8 Å². The second-order valence-corrected chi connectivity index (χ2v) is 7.28. The van der Waals surface area contributed by atoms with Gasteiger partial charge in [-0.15, -0.1) is 0 Å². The van der Waals surface area contributed by atoms with Crippen LogP contribution in [0.25, 0.3) is 0 Å². The maximum atomic E-state index is 12.6. The fourth-order valence-corrected chi connectivity index (χ4v) is 4.24. The molecule has 1 aromatic heterocycles. The Labute approximate surface area is 159 Å². The summed E-state index contributed by atoms with van der Waals surface area (Å²) in [5, 5.41) is 6.70. The van der Waals surface area contributed by atoms with Crippen LogP contribution in [0.4, 0.5) is 0 Å². The number of fused-ring (bicyclic) bond motifs is 1. The van der Waals surface area contributed by atoms with E-state index in [0.717, 1.165) is 37.8 Å². The van der Waals surface area contributed by atoms with Crippen molar-refractivity contribution in [2.75, 3.05) is 20.2 Å². The first kappa shape index (κ1) is 19.4. The maximum Gasteiger partial charge on any atom is 0.305 e. The molecule has 0 spiro atoms. The van der Waals surface area contributed by atoms with Gasteiger partial charge in [0.1, 0.15) is 0 Å². The molecule has 1 N–H and O–H groups in total. The summed E-state index contributed by atoms with van der Waals surface area (Å²) in [5.74, 6) is -0.0122. The molecule has 2 saturated heterocycles. The normalized spacial score (nSPS) is 21.4. The number of amides is 2. The molecule has 2 aliphatic heterocycles. The predicted octanol–water partition coefficient (Wildman–Crippen LogP) is 1.28. The van der Waals surface area contributed by atoms with E-state index in [2.05, 4.69) is 14.9 Å². The van der Waals surface area contributed by atoms with Crippen LogP contribution in [0.15, 0.2) is 12.4 Å². The van der Waals surface area contributed by atoms with Gasteiger partial charge in [-0.05, 0) is 37.7 Å². The zero-order valence-electron chi connectivity index (χ0n) is 15.9. The number of rotatable bonds is 8. The summed E-state index contributed by atoms with van der Waals surface area (Å²) < 4.78 is 4.61. The number of H-pyrrole nitrogens is 1. The standard InChI is InChI=1S/C19H28N4O4/c1-27-19(26)7-3-6-18(25)23-11-9-15-16(23)8-10-22(15)17(24)5-2-4-14-12-20-21-13-14/h12-13,15-16H,2-11H2,1H3,(H,20,21)/t15-,16-/m0/s1. The lowest BCUT2D eigenvalue weighted by atomic mass is 10.1. The summed E-state index contributed by atoms with van der Waals surface area (Å²) in [4.78, 5) is 40.2. The molecule has 27 heavy (non-hydrogen) atoms. The average molecular weight is 376 g/mol. The van der Waals surface area contributed by atoms with Gasteiger partial charge in [0.05, 0.1) is 25.4 Å². The SMILES string of the molecule is COC(=O)CCCC(=O)N1CC[C@H]2[C@@H]1CCN2C(=O)CCCc1cn[nH]c1. The highest BCUT2D eigenvalue weighted by atomic mass is 16.5. The third kappa shape index (κ3) is 4.67. The van der Waals surface area contributed by atoms with Gasteiger partial charge in [-0.3, -0.25) is 19.5 Å². The minimum absolute atomic E-state index is 0.0839.